The van der Waals surface area contributed by atoms with Gasteiger partial charge in [0.1, 0.15) is 5.75 Å². The Balaban J connectivity index is 1.90. The van der Waals surface area contributed by atoms with Crippen molar-refractivity contribution in [3.8, 4) is 5.75 Å². The fourth-order valence-electron chi connectivity index (χ4n) is 1.90. The van der Waals surface area contributed by atoms with Crippen molar-refractivity contribution < 1.29 is 9.53 Å². The van der Waals surface area contributed by atoms with Crippen LogP contribution in [-0.4, -0.2) is 35.0 Å². The number of thioether (sulfide) groups is 1. The summed E-state index contributed by atoms with van der Waals surface area (Å²) < 4.78 is 6.14. The number of rotatable bonds is 6. The normalized spacial score (nSPS) is 10.8. The zero-order valence-electron chi connectivity index (χ0n) is 13.5. The molecular formula is C16H17BrN4O2S. The van der Waals surface area contributed by atoms with Gasteiger partial charge in [0.2, 0.25) is 0 Å². The van der Waals surface area contributed by atoms with E-state index in [9.17, 15) is 4.79 Å². The summed E-state index contributed by atoms with van der Waals surface area (Å²) in [6, 6.07) is 7.43. The van der Waals surface area contributed by atoms with E-state index in [1.165, 1.54) is 11.8 Å². The number of aryl methyl sites for hydroxylation is 2. The number of hydrogen-bond acceptors (Lipinski definition) is 6. The second-order valence-electron chi connectivity index (χ2n) is 4.90. The van der Waals surface area contributed by atoms with Gasteiger partial charge in [-0.3, -0.25) is 4.79 Å². The minimum absolute atomic E-state index is 0.190. The standard InChI is InChI=1S/C16H17BrN4O2S/c1-10-6-11(2)20-16(19-10)24-9-15(22)21-18-8-12-7-13(17)4-5-14(12)23-3/h4-8H,9H2,1-3H3,(H,21,22)/b18-8+. The lowest BCUT2D eigenvalue weighted by Gasteiger charge is -2.05. The Labute approximate surface area is 153 Å². The number of benzene rings is 1. The van der Waals surface area contributed by atoms with E-state index < -0.39 is 0 Å². The minimum atomic E-state index is -0.229. The summed E-state index contributed by atoms with van der Waals surface area (Å²) in [6.07, 6.45) is 1.54. The molecule has 2 rings (SSSR count). The number of hydrazone groups is 1. The van der Waals surface area contributed by atoms with Gasteiger partial charge < -0.3 is 4.74 Å². The molecule has 6 nitrogen and oxygen atoms in total. The maximum Gasteiger partial charge on any atom is 0.250 e. The van der Waals surface area contributed by atoms with Crippen molar-refractivity contribution in [1.29, 1.82) is 0 Å². The van der Waals surface area contributed by atoms with E-state index in [2.05, 4.69) is 36.4 Å². The monoisotopic (exact) mass is 408 g/mol. The topological polar surface area (TPSA) is 76.5 Å². The number of methoxy groups -OCH3 is 1. The molecule has 1 aromatic heterocycles. The predicted molar refractivity (Wildman–Crippen MR) is 98.7 cm³/mol. The van der Waals surface area contributed by atoms with Gasteiger partial charge in [0.25, 0.3) is 5.91 Å². The van der Waals surface area contributed by atoms with Crippen LogP contribution in [0.15, 0.2) is 39.0 Å². The van der Waals surface area contributed by atoms with Crippen LogP contribution in [0.4, 0.5) is 0 Å². The van der Waals surface area contributed by atoms with Crippen molar-refractivity contribution in [1.82, 2.24) is 15.4 Å². The van der Waals surface area contributed by atoms with Crippen LogP contribution in [0.3, 0.4) is 0 Å². The molecule has 0 fully saturated rings. The highest BCUT2D eigenvalue weighted by Gasteiger charge is 2.06. The quantitative estimate of drug-likeness (QED) is 0.343. The molecule has 1 amide bonds. The zero-order valence-corrected chi connectivity index (χ0v) is 15.9. The third-order valence-corrected chi connectivity index (χ3v) is 4.22. The van der Waals surface area contributed by atoms with Crippen LogP contribution in [0, 0.1) is 13.8 Å². The zero-order chi connectivity index (χ0) is 17.5. The van der Waals surface area contributed by atoms with Gasteiger partial charge in [-0.1, -0.05) is 27.7 Å². The molecule has 0 radical (unpaired) electrons. The summed E-state index contributed by atoms with van der Waals surface area (Å²) in [5.41, 5.74) is 5.01. The molecule has 1 heterocycles. The Kier molecular flexibility index (Phi) is 6.74. The van der Waals surface area contributed by atoms with Gasteiger partial charge in [-0.2, -0.15) is 5.10 Å². The van der Waals surface area contributed by atoms with Crippen LogP contribution in [0.5, 0.6) is 5.75 Å². The van der Waals surface area contributed by atoms with Gasteiger partial charge >= 0.3 is 0 Å². The molecule has 0 aliphatic heterocycles. The molecule has 0 aliphatic carbocycles. The number of hydrogen-bond donors (Lipinski definition) is 1. The van der Waals surface area contributed by atoms with E-state index in [-0.39, 0.29) is 11.7 Å². The van der Waals surface area contributed by atoms with Crippen LogP contribution in [0.1, 0.15) is 17.0 Å². The lowest BCUT2D eigenvalue weighted by atomic mass is 10.2. The molecule has 0 aliphatic rings. The van der Waals surface area contributed by atoms with Gasteiger partial charge in [0.15, 0.2) is 5.16 Å². The summed E-state index contributed by atoms with van der Waals surface area (Å²) in [6.45, 7) is 3.79. The van der Waals surface area contributed by atoms with Crippen molar-refractivity contribution in [2.75, 3.05) is 12.9 Å². The molecule has 0 bridgehead atoms. The molecule has 0 saturated heterocycles. The third-order valence-electron chi connectivity index (χ3n) is 2.88. The minimum Gasteiger partial charge on any atom is -0.496 e. The number of aromatic nitrogens is 2. The van der Waals surface area contributed by atoms with Crippen LogP contribution >= 0.6 is 27.7 Å². The molecule has 2 aromatic rings. The first kappa shape index (κ1) is 18.4. The van der Waals surface area contributed by atoms with Gasteiger partial charge in [-0.05, 0) is 38.1 Å². The first-order valence-electron chi connectivity index (χ1n) is 7.08. The van der Waals surface area contributed by atoms with Crippen molar-refractivity contribution in [2.45, 2.75) is 19.0 Å². The van der Waals surface area contributed by atoms with E-state index in [4.69, 9.17) is 4.74 Å². The summed E-state index contributed by atoms with van der Waals surface area (Å²) in [7, 11) is 1.58. The van der Waals surface area contributed by atoms with E-state index >= 15 is 0 Å². The molecule has 8 heteroatoms. The number of carbonyl (C=O) groups excluding carboxylic acids is 1. The van der Waals surface area contributed by atoms with Gasteiger partial charge in [-0.15, -0.1) is 0 Å². The van der Waals surface area contributed by atoms with Crippen molar-refractivity contribution in [3.05, 3.63) is 45.7 Å². The fourth-order valence-corrected chi connectivity index (χ4v) is 3.02. The smallest absolute Gasteiger partial charge is 0.250 e. The van der Waals surface area contributed by atoms with Crippen LogP contribution in [0.25, 0.3) is 0 Å². The van der Waals surface area contributed by atoms with E-state index in [0.717, 1.165) is 21.4 Å². The van der Waals surface area contributed by atoms with Crippen LogP contribution in [0.2, 0.25) is 0 Å². The number of nitrogens with zero attached hydrogens (tertiary/aromatic N) is 3. The Morgan fingerprint density at radius 1 is 1.33 bits per heavy atom. The molecule has 1 N–H and O–H groups in total. The summed E-state index contributed by atoms with van der Waals surface area (Å²) in [4.78, 5) is 20.4. The predicted octanol–water partition coefficient (Wildman–Crippen LogP) is 3.11. The van der Waals surface area contributed by atoms with E-state index in [0.29, 0.717) is 10.9 Å². The van der Waals surface area contributed by atoms with Crippen molar-refractivity contribution in [2.24, 2.45) is 5.10 Å². The highest BCUT2D eigenvalue weighted by atomic mass is 79.9. The molecule has 126 valence electrons. The Hall–Kier alpha value is -1.93. The molecule has 1 aromatic carbocycles. The molecular weight excluding hydrogens is 392 g/mol. The highest BCUT2D eigenvalue weighted by Crippen LogP contribution is 2.21. The van der Waals surface area contributed by atoms with Crippen LogP contribution in [-0.2, 0) is 4.79 Å². The SMILES string of the molecule is COc1ccc(Br)cc1/C=N/NC(=O)CSc1nc(C)cc(C)n1. The van der Waals surface area contributed by atoms with E-state index in [1.807, 2.05) is 38.1 Å². The summed E-state index contributed by atoms with van der Waals surface area (Å²) in [5, 5.41) is 4.54. The molecule has 0 spiro atoms. The second-order valence-corrected chi connectivity index (χ2v) is 6.76. The summed E-state index contributed by atoms with van der Waals surface area (Å²) in [5.74, 6) is 0.637. The molecule has 0 unspecified atom stereocenters. The van der Waals surface area contributed by atoms with E-state index in [1.54, 1.807) is 13.3 Å². The third kappa shape index (κ3) is 5.61. The number of amides is 1. The Bertz CT molecular complexity index is 747. The van der Waals surface area contributed by atoms with Crippen molar-refractivity contribution in [3.63, 3.8) is 0 Å². The molecule has 0 saturated carbocycles. The average Bonchev–Trinajstić information content (AvgIpc) is 2.52. The van der Waals surface area contributed by atoms with Gasteiger partial charge in [0.05, 0.1) is 19.1 Å². The summed E-state index contributed by atoms with van der Waals surface area (Å²) >= 11 is 4.66. The maximum absolute atomic E-state index is 11.9. The number of nitrogens with one attached hydrogen (secondary N) is 1. The Morgan fingerprint density at radius 3 is 2.71 bits per heavy atom. The average molecular weight is 409 g/mol. The number of halogens is 1. The number of carbonyl (C=O) groups is 1. The second kappa shape index (κ2) is 8.79. The maximum atomic E-state index is 11.9. The lowest BCUT2D eigenvalue weighted by molar-refractivity contribution is -0.118. The largest absolute Gasteiger partial charge is 0.496 e. The fraction of sp³-hybridized carbons (Fsp3) is 0.250. The Morgan fingerprint density at radius 2 is 2.04 bits per heavy atom. The first-order chi connectivity index (χ1) is 11.5. The highest BCUT2D eigenvalue weighted by molar-refractivity contribution is 9.10. The lowest BCUT2D eigenvalue weighted by Crippen LogP contribution is -2.19. The van der Waals surface area contributed by atoms with Gasteiger partial charge in [-0.25, -0.2) is 15.4 Å². The number of ether oxygens (including phenoxy) is 1. The molecule has 24 heavy (non-hydrogen) atoms. The van der Waals surface area contributed by atoms with Gasteiger partial charge in [0, 0.05) is 21.4 Å². The molecule has 0 atom stereocenters. The van der Waals surface area contributed by atoms with Crippen molar-refractivity contribution >= 4 is 39.8 Å². The first-order valence-corrected chi connectivity index (χ1v) is 8.86. The van der Waals surface area contributed by atoms with Crippen LogP contribution < -0.4 is 10.2 Å².